The number of alkyl halides is 3. The molecule has 1 aliphatic carbocycles. The minimum Gasteiger partial charge on any atom is -0.368 e. The van der Waals surface area contributed by atoms with Crippen molar-refractivity contribution in [2.75, 3.05) is 17.6 Å². The van der Waals surface area contributed by atoms with E-state index in [0.29, 0.717) is 18.1 Å². The number of fused-ring (bicyclic) bond motifs is 1. The molecule has 0 aromatic carbocycles. The highest BCUT2D eigenvalue weighted by molar-refractivity contribution is 5.56. The van der Waals surface area contributed by atoms with Crippen LogP contribution in [-0.2, 0) is 13.0 Å². The first-order chi connectivity index (χ1) is 10.4. The van der Waals surface area contributed by atoms with E-state index in [0.717, 1.165) is 24.2 Å². The summed E-state index contributed by atoms with van der Waals surface area (Å²) in [6.07, 6.45) is 0.605. The molecule has 1 aromatic rings. The average molecular weight is 311 g/mol. The predicted molar refractivity (Wildman–Crippen MR) is 76.9 cm³/mol. The lowest BCUT2D eigenvalue weighted by Crippen LogP contribution is -2.27. The fourth-order valence-electron chi connectivity index (χ4n) is 2.57. The molecule has 0 fully saturated rings. The van der Waals surface area contributed by atoms with Gasteiger partial charge in [-0.1, -0.05) is 12.2 Å². The maximum Gasteiger partial charge on any atom is 0.395 e. The smallest absolute Gasteiger partial charge is 0.368 e. The molecule has 1 aromatic heterocycles. The van der Waals surface area contributed by atoms with Gasteiger partial charge in [0.2, 0.25) is 5.95 Å². The van der Waals surface area contributed by atoms with E-state index in [9.17, 15) is 13.2 Å². The molecule has 118 valence electrons. The van der Waals surface area contributed by atoms with Crippen LogP contribution < -0.4 is 16.4 Å². The van der Waals surface area contributed by atoms with Crippen LogP contribution in [-0.4, -0.2) is 22.7 Å². The number of allylic oxidation sites excluding steroid dienone is 3. The molecule has 0 amide bonds. The molecule has 0 bridgehead atoms. The minimum absolute atomic E-state index is 0.0767. The van der Waals surface area contributed by atoms with Crippen molar-refractivity contribution in [3.8, 4) is 0 Å². The summed E-state index contributed by atoms with van der Waals surface area (Å²) in [5, 5.41) is 6.26. The standard InChI is InChI=1S/C14H16F3N5/c15-14(16,17)8-1-3-9(4-2-8)20-12-10-5-6-19-7-11(10)21-13(18)22-12/h1,3-4,8,19H,2,5-7H2,(H3,18,20,21,22). The molecule has 0 radical (unpaired) electrons. The van der Waals surface area contributed by atoms with Crippen molar-refractivity contribution in [3.63, 3.8) is 0 Å². The summed E-state index contributed by atoms with van der Waals surface area (Å²) in [5.74, 6) is -0.699. The van der Waals surface area contributed by atoms with Crippen molar-refractivity contribution in [2.24, 2.45) is 5.92 Å². The lowest BCUT2D eigenvalue weighted by molar-refractivity contribution is -0.160. The summed E-state index contributed by atoms with van der Waals surface area (Å²) in [7, 11) is 0. The molecular formula is C14H16F3N5. The summed E-state index contributed by atoms with van der Waals surface area (Å²) >= 11 is 0. The number of nitrogens with two attached hydrogens (primary N) is 1. The fourth-order valence-corrected chi connectivity index (χ4v) is 2.57. The maximum atomic E-state index is 12.6. The molecule has 2 heterocycles. The number of halogens is 3. The highest BCUT2D eigenvalue weighted by atomic mass is 19.4. The van der Waals surface area contributed by atoms with Gasteiger partial charge in [-0.25, -0.2) is 4.98 Å². The molecule has 3 rings (SSSR count). The van der Waals surface area contributed by atoms with Crippen molar-refractivity contribution in [1.82, 2.24) is 15.3 Å². The number of rotatable bonds is 2. The molecular weight excluding hydrogens is 295 g/mol. The summed E-state index contributed by atoms with van der Waals surface area (Å²) in [4.78, 5) is 8.37. The minimum atomic E-state index is -4.21. The molecule has 8 heteroatoms. The fraction of sp³-hybridized carbons (Fsp3) is 0.429. The highest BCUT2D eigenvalue weighted by Crippen LogP contribution is 2.33. The number of aromatic nitrogens is 2. The van der Waals surface area contributed by atoms with E-state index in [2.05, 4.69) is 20.6 Å². The van der Waals surface area contributed by atoms with Crippen LogP contribution in [0.4, 0.5) is 24.9 Å². The largest absolute Gasteiger partial charge is 0.395 e. The molecule has 1 aliphatic heterocycles. The molecule has 22 heavy (non-hydrogen) atoms. The maximum absolute atomic E-state index is 12.6. The van der Waals surface area contributed by atoms with Gasteiger partial charge in [-0.05, 0) is 25.5 Å². The number of anilines is 2. The van der Waals surface area contributed by atoms with Gasteiger partial charge < -0.3 is 16.4 Å². The van der Waals surface area contributed by atoms with Gasteiger partial charge in [-0.3, -0.25) is 0 Å². The van der Waals surface area contributed by atoms with Crippen molar-refractivity contribution in [3.05, 3.63) is 35.2 Å². The summed E-state index contributed by atoms with van der Waals surface area (Å²) in [5.41, 5.74) is 8.07. The summed E-state index contributed by atoms with van der Waals surface area (Å²) in [6, 6.07) is 0. The number of nitrogens with zero attached hydrogens (tertiary/aromatic N) is 2. The first-order valence-corrected chi connectivity index (χ1v) is 7.01. The molecule has 0 spiro atoms. The summed E-state index contributed by atoms with van der Waals surface area (Å²) in [6.45, 7) is 1.42. The van der Waals surface area contributed by atoms with Gasteiger partial charge in [-0.2, -0.15) is 18.2 Å². The molecule has 0 saturated heterocycles. The Hall–Kier alpha value is -2.09. The zero-order valence-corrected chi connectivity index (χ0v) is 11.7. The molecule has 2 aliphatic rings. The van der Waals surface area contributed by atoms with E-state index in [-0.39, 0.29) is 12.4 Å². The Morgan fingerprint density at radius 3 is 2.82 bits per heavy atom. The third kappa shape index (κ3) is 3.06. The second-order valence-corrected chi connectivity index (χ2v) is 5.31. The van der Waals surface area contributed by atoms with E-state index in [1.807, 2.05) is 0 Å². The SMILES string of the molecule is Nc1nc2c(c(NC3=CCC(C(F)(F)F)C=C3)n1)CCNC2. The van der Waals surface area contributed by atoms with Gasteiger partial charge in [-0.15, -0.1) is 0 Å². The van der Waals surface area contributed by atoms with Crippen LogP contribution in [0.2, 0.25) is 0 Å². The third-order valence-electron chi connectivity index (χ3n) is 3.74. The van der Waals surface area contributed by atoms with E-state index in [1.54, 1.807) is 0 Å². The Morgan fingerprint density at radius 1 is 1.32 bits per heavy atom. The zero-order chi connectivity index (χ0) is 15.7. The Morgan fingerprint density at radius 2 is 2.14 bits per heavy atom. The van der Waals surface area contributed by atoms with Crippen molar-refractivity contribution < 1.29 is 13.2 Å². The van der Waals surface area contributed by atoms with Gasteiger partial charge in [0, 0.05) is 17.8 Å². The van der Waals surface area contributed by atoms with Crippen LogP contribution in [0.15, 0.2) is 23.9 Å². The monoisotopic (exact) mass is 311 g/mol. The predicted octanol–water partition coefficient (Wildman–Crippen LogP) is 2.14. The van der Waals surface area contributed by atoms with Crippen LogP contribution in [0, 0.1) is 5.92 Å². The van der Waals surface area contributed by atoms with Gasteiger partial charge in [0.25, 0.3) is 0 Å². The van der Waals surface area contributed by atoms with E-state index < -0.39 is 12.1 Å². The van der Waals surface area contributed by atoms with Crippen molar-refractivity contribution in [2.45, 2.75) is 25.6 Å². The Bertz CT molecular complexity index is 636. The quantitative estimate of drug-likeness (QED) is 0.780. The number of nitrogens with one attached hydrogen (secondary N) is 2. The average Bonchev–Trinajstić information content (AvgIpc) is 2.46. The molecule has 1 unspecified atom stereocenters. The second-order valence-electron chi connectivity index (χ2n) is 5.31. The zero-order valence-electron chi connectivity index (χ0n) is 11.7. The highest BCUT2D eigenvalue weighted by Gasteiger charge is 2.37. The number of nitrogen functional groups attached to an aromatic ring is 1. The lowest BCUT2D eigenvalue weighted by atomic mass is 9.98. The Balaban J connectivity index is 1.79. The van der Waals surface area contributed by atoms with Crippen molar-refractivity contribution >= 4 is 11.8 Å². The van der Waals surface area contributed by atoms with Crippen LogP contribution in [0.5, 0.6) is 0 Å². The lowest BCUT2D eigenvalue weighted by Gasteiger charge is -2.22. The summed E-state index contributed by atoms with van der Waals surface area (Å²) < 4.78 is 37.9. The normalized spacial score (nSPS) is 21.2. The Kier molecular flexibility index (Phi) is 3.78. The van der Waals surface area contributed by atoms with E-state index in [4.69, 9.17) is 5.73 Å². The topological polar surface area (TPSA) is 75.9 Å². The van der Waals surface area contributed by atoms with E-state index >= 15 is 0 Å². The van der Waals surface area contributed by atoms with Gasteiger partial charge in [0.15, 0.2) is 0 Å². The second kappa shape index (κ2) is 5.60. The van der Waals surface area contributed by atoms with Crippen LogP contribution in [0.3, 0.4) is 0 Å². The van der Waals surface area contributed by atoms with Crippen LogP contribution >= 0.6 is 0 Å². The van der Waals surface area contributed by atoms with Crippen LogP contribution in [0.1, 0.15) is 17.7 Å². The van der Waals surface area contributed by atoms with Gasteiger partial charge in [0.05, 0.1) is 11.6 Å². The third-order valence-corrected chi connectivity index (χ3v) is 3.74. The molecule has 1 atom stereocenters. The first-order valence-electron chi connectivity index (χ1n) is 7.01. The molecule has 4 N–H and O–H groups in total. The number of hydrogen-bond acceptors (Lipinski definition) is 5. The van der Waals surface area contributed by atoms with E-state index in [1.165, 1.54) is 18.2 Å². The molecule has 0 saturated carbocycles. The van der Waals surface area contributed by atoms with Gasteiger partial charge in [0.1, 0.15) is 5.82 Å². The van der Waals surface area contributed by atoms with Crippen molar-refractivity contribution in [1.29, 1.82) is 0 Å². The van der Waals surface area contributed by atoms with Crippen LogP contribution in [0.25, 0.3) is 0 Å². The number of hydrogen-bond donors (Lipinski definition) is 3. The van der Waals surface area contributed by atoms with Gasteiger partial charge >= 0.3 is 6.18 Å². The Labute approximate surface area is 125 Å². The molecule has 5 nitrogen and oxygen atoms in total. The first kappa shape index (κ1) is 14.8.